The van der Waals surface area contributed by atoms with Crippen LogP contribution in [0, 0.1) is 0 Å². The molecule has 4 aromatic rings. The highest BCUT2D eigenvalue weighted by atomic mass is 28.3. The highest BCUT2D eigenvalue weighted by Crippen LogP contribution is 2.27. The minimum Gasteiger partial charge on any atom is -0.389 e. The van der Waals surface area contributed by atoms with Crippen molar-refractivity contribution in [2.24, 2.45) is 0 Å². The summed E-state index contributed by atoms with van der Waals surface area (Å²) in [7, 11) is -1.59. The van der Waals surface area contributed by atoms with Crippen LogP contribution in [0.3, 0.4) is 0 Å². The van der Waals surface area contributed by atoms with E-state index in [2.05, 4.69) is 84.7 Å². The lowest BCUT2D eigenvalue weighted by atomic mass is 9.93. The van der Waals surface area contributed by atoms with Crippen LogP contribution in [0.25, 0.3) is 0 Å². The first kappa shape index (κ1) is 32.3. The average molecular weight is 610 g/mol. The first-order chi connectivity index (χ1) is 21.5. The molecule has 0 spiro atoms. The SMILES string of the molecule is C[Si](C)(CCCN1C[C@H](OCc2ccccc2)[C@@H](OCc2ccccc2)[C@H](O)[C@H]1COCc1ccccc1)c1ccccc1. The van der Waals surface area contributed by atoms with Gasteiger partial charge in [0.25, 0.3) is 0 Å². The third-order valence-electron chi connectivity index (χ3n) is 8.78. The summed E-state index contributed by atoms with van der Waals surface area (Å²) >= 11 is 0. The number of aliphatic hydroxyl groups excluding tert-OH is 1. The Labute approximate surface area is 264 Å². The third kappa shape index (κ3) is 9.21. The van der Waals surface area contributed by atoms with Crippen molar-refractivity contribution >= 4 is 13.3 Å². The van der Waals surface area contributed by atoms with Crippen molar-refractivity contribution in [3.8, 4) is 0 Å². The Morgan fingerprint density at radius 1 is 0.682 bits per heavy atom. The largest absolute Gasteiger partial charge is 0.389 e. The van der Waals surface area contributed by atoms with E-state index < -0.39 is 20.3 Å². The number of rotatable bonds is 15. The van der Waals surface area contributed by atoms with E-state index in [9.17, 15) is 5.11 Å². The van der Waals surface area contributed by atoms with Gasteiger partial charge in [-0.15, -0.1) is 0 Å². The van der Waals surface area contributed by atoms with Gasteiger partial charge in [-0.3, -0.25) is 4.90 Å². The van der Waals surface area contributed by atoms with Gasteiger partial charge in [-0.1, -0.05) is 146 Å². The normalized spacial score (nSPS) is 20.9. The number of piperidine rings is 1. The maximum absolute atomic E-state index is 12.0. The molecule has 4 aromatic carbocycles. The van der Waals surface area contributed by atoms with E-state index in [4.69, 9.17) is 14.2 Å². The molecule has 1 aliphatic rings. The highest BCUT2D eigenvalue weighted by molar-refractivity contribution is 6.89. The van der Waals surface area contributed by atoms with Gasteiger partial charge in [0.1, 0.15) is 12.2 Å². The molecule has 0 aliphatic carbocycles. The van der Waals surface area contributed by atoms with Gasteiger partial charge in [-0.25, -0.2) is 0 Å². The Morgan fingerprint density at radius 2 is 1.18 bits per heavy atom. The lowest BCUT2D eigenvalue weighted by molar-refractivity contribution is -0.193. The molecule has 0 radical (unpaired) electrons. The van der Waals surface area contributed by atoms with Gasteiger partial charge in [0.15, 0.2) is 0 Å². The summed E-state index contributed by atoms with van der Waals surface area (Å²) in [5.74, 6) is 0. The zero-order valence-corrected chi connectivity index (χ0v) is 27.1. The first-order valence-corrected chi connectivity index (χ1v) is 19.1. The summed E-state index contributed by atoms with van der Waals surface area (Å²) in [5, 5.41) is 13.4. The van der Waals surface area contributed by atoms with Crippen LogP contribution in [0.15, 0.2) is 121 Å². The summed E-state index contributed by atoms with van der Waals surface area (Å²) in [4.78, 5) is 2.39. The van der Waals surface area contributed by atoms with Gasteiger partial charge in [-0.2, -0.15) is 0 Å². The second-order valence-electron chi connectivity index (χ2n) is 12.5. The van der Waals surface area contributed by atoms with Gasteiger partial charge in [0.05, 0.1) is 46.6 Å². The van der Waals surface area contributed by atoms with Crippen LogP contribution < -0.4 is 5.19 Å². The van der Waals surface area contributed by atoms with E-state index in [0.717, 1.165) is 29.7 Å². The number of ether oxygens (including phenoxy) is 3. The minimum absolute atomic E-state index is 0.197. The van der Waals surface area contributed by atoms with Crippen molar-refractivity contribution in [3.63, 3.8) is 0 Å². The molecular weight excluding hydrogens is 563 g/mol. The summed E-state index contributed by atoms with van der Waals surface area (Å²) in [6.45, 7) is 8.27. The fraction of sp³-hybridized carbons (Fsp3) is 0.368. The number of likely N-dealkylation sites (tertiary alicyclic amines) is 1. The molecule has 0 aromatic heterocycles. The molecule has 0 saturated carbocycles. The van der Waals surface area contributed by atoms with Gasteiger partial charge in [0, 0.05) is 6.54 Å². The number of nitrogens with zero attached hydrogens (tertiary/aromatic N) is 1. The molecule has 0 bridgehead atoms. The number of hydrogen-bond acceptors (Lipinski definition) is 5. The fourth-order valence-corrected chi connectivity index (χ4v) is 8.54. The minimum atomic E-state index is -1.59. The predicted octanol–water partition coefficient (Wildman–Crippen LogP) is 6.42. The second-order valence-corrected chi connectivity index (χ2v) is 17.3. The molecule has 1 aliphatic heterocycles. The zero-order chi connectivity index (χ0) is 30.6. The van der Waals surface area contributed by atoms with Crippen molar-refractivity contribution in [2.75, 3.05) is 19.7 Å². The van der Waals surface area contributed by atoms with Crippen LogP contribution in [0.2, 0.25) is 19.1 Å². The summed E-state index contributed by atoms with van der Waals surface area (Å²) in [5.41, 5.74) is 3.31. The molecule has 0 amide bonds. The lowest BCUT2D eigenvalue weighted by Crippen LogP contribution is -2.64. The molecule has 4 atom stereocenters. The standard InChI is InChI=1S/C38H47NO4Si/c1-44(2,34-22-13-6-14-23-34)25-15-24-39-26-36(42-28-32-18-9-4-10-19-32)38(43-29-33-20-11-5-12-21-33)37(40)35(39)30-41-27-31-16-7-3-8-17-31/h3-14,16-23,35-38,40H,15,24-30H2,1-2H3/t35-,36+,37-,38-/m1/s1. The Kier molecular flexibility index (Phi) is 11.9. The molecule has 1 N–H and O–H groups in total. The van der Waals surface area contributed by atoms with E-state index in [1.165, 1.54) is 11.2 Å². The number of hydrogen-bond donors (Lipinski definition) is 1. The number of aliphatic hydroxyl groups is 1. The molecule has 232 valence electrons. The quantitative estimate of drug-likeness (QED) is 0.158. The summed E-state index contributed by atoms with van der Waals surface area (Å²) in [6.07, 6.45) is -0.463. The molecule has 44 heavy (non-hydrogen) atoms. The van der Waals surface area contributed by atoms with E-state index in [-0.39, 0.29) is 12.1 Å². The van der Waals surface area contributed by atoms with Crippen LogP contribution in [0.5, 0.6) is 0 Å². The predicted molar refractivity (Wildman–Crippen MR) is 180 cm³/mol. The zero-order valence-electron chi connectivity index (χ0n) is 26.1. The van der Waals surface area contributed by atoms with Crippen LogP contribution in [0.4, 0.5) is 0 Å². The Hall–Kier alpha value is -3.10. The molecule has 5 rings (SSSR count). The van der Waals surface area contributed by atoms with E-state index in [1.54, 1.807) is 0 Å². The first-order valence-electron chi connectivity index (χ1n) is 15.9. The number of benzene rings is 4. The van der Waals surface area contributed by atoms with Crippen molar-refractivity contribution in [3.05, 3.63) is 138 Å². The van der Waals surface area contributed by atoms with Crippen molar-refractivity contribution in [2.45, 2.75) is 69.7 Å². The van der Waals surface area contributed by atoms with Crippen LogP contribution >= 0.6 is 0 Å². The van der Waals surface area contributed by atoms with E-state index in [0.29, 0.717) is 33.0 Å². The highest BCUT2D eigenvalue weighted by Gasteiger charge is 2.44. The molecule has 1 heterocycles. The average Bonchev–Trinajstić information content (AvgIpc) is 3.06. The molecule has 6 heteroatoms. The van der Waals surface area contributed by atoms with Crippen molar-refractivity contribution in [1.29, 1.82) is 0 Å². The maximum Gasteiger partial charge on any atom is 0.113 e. The fourth-order valence-electron chi connectivity index (χ4n) is 6.11. The monoisotopic (exact) mass is 609 g/mol. The van der Waals surface area contributed by atoms with E-state index in [1.807, 2.05) is 54.6 Å². The molecule has 1 fully saturated rings. The van der Waals surface area contributed by atoms with Crippen molar-refractivity contribution < 1.29 is 19.3 Å². The van der Waals surface area contributed by atoms with Crippen LogP contribution in [-0.2, 0) is 34.0 Å². The van der Waals surface area contributed by atoms with Gasteiger partial charge < -0.3 is 19.3 Å². The van der Waals surface area contributed by atoms with Gasteiger partial charge in [0.2, 0.25) is 0 Å². The van der Waals surface area contributed by atoms with E-state index >= 15 is 0 Å². The Balaban J connectivity index is 1.31. The maximum atomic E-state index is 12.0. The third-order valence-corrected chi connectivity index (χ3v) is 12.3. The topological polar surface area (TPSA) is 51.2 Å². The Morgan fingerprint density at radius 3 is 1.75 bits per heavy atom. The van der Waals surface area contributed by atoms with Crippen molar-refractivity contribution in [1.82, 2.24) is 4.90 Å². The van der Waals surface area contributed by atoms with Gasteiger partial charge >= 0.3 is 0 Å². The molecule has 1 saturated heterocycles. The Bertz CT molecular complexity index is 1360. The second kappa shape index (κ2) is 16.3. The summed E-state index contributed by atoms with van der Waals surface area (Å²) in [6, 6.07) is 42.5. The van der Waals surface area contributed by atoms with Gasteiger partial charge in [-0.05, 0) is 29.7 Å². The summed E-state index contributed by atoms with van der Waals surface area (Å²) < 4.78 is 19.3. The lowest BCUT2D eigenvalue weighted by Gasteiger charge is -2.47. The molecule has 5 nitrogen and oxygen atoms in total. The molecule has 0 unspecified atom stereocenters. The smallest absolute Gasteiger partial charge is 0.113 e. The van der Waals surface area contributed by atoms with Crippen LogP contribution in [0.1, 0.15) is 23.1 Å². The van der Waals surface area contributed by atoms with Crippen LogP contribution in [-0.4, -0.2) is 62.1 Å². The molecular formula is C38H47NO4Si.